The van der Waals surface area contributed by atoms with E-state index < -0.39 is 11.4 Å². The van der Waals surface area contributed by atoms with E-state index in [9.17, 15) is 9.18 Å². The Morgan fingerprint density at radius 2 is 2.11 bits per heavy atom. The van der Waals surface area contributed by atoms with E-state index in [0.717, 1.165) is 31.7 Å². The minimum atomic E-state index is -0.629. The predicted molar refractivity (Wildman–Crippen MR) is 114 cm³/mol. The lowest BCUT2D eigenvalue weighted by atomic mass is 9.78. The van der Waals surface area contributed by atoms with Crippen molar-refractivity contribution in [2.45, 2.75) is 25.3 Å². The van der Waals surface area contributed by atoms with Gasteiger partial charge in [0.15, 0.2) is 5.96 Å². The SMILES string of the molecule is CN1C(=N)N[C@](C)(c2cc(-c3ccc(F)c(N)c3)c(I)s2)[C@H](C2CC2)C1=O. The van der Waals surface area contributed by atoms with Crippen molar-refractivity contribution in [1.82, 2.24) is 10.2 Å². The summed E-state index contributed by atoms with van der Waals surface area (Å²) < 4.78 is 14.6. The van der Waals surface area contributed by atoms with Crippen LogP contribution >= 0.6 is 33.9 Å². The normalized spacial score (nSPS) is 25.6. The summed E-state index contributed by atoms with van der Waals surface area (Å²) in [7, 11) is 1.65. The van der Waals surface area contributed by atoms with E-state index in [1.165, 1.54) is 11.0 Å². The number of hydrogen-bond acceptors (Lipinski definition) is 4. The van der Waals surface area contributed by atoms with Gasteiger partial charge in [0.05, 0.1) is 20.0 Å². The Labute approximate surface area is 174 Å². The van der Waals surface area contributed by atoms with Crippen molar-refractivity contribution in [3.63, 3.8) is 0 Å². The van der Waals surface area contributed by atoms with Gasteiger partial charge in [-0.3, -0.25) is 15.1 Å². The molecule has 1 aliphatic carbocycles. The Bertz CT molecular complexity index is 957. The maximum absolute atomic E-state index is 13.5. The Hall–Kier alpha value is -1.68. The number of halogens is 2. The zero-order chi connectivity index (χ0) is 19.5. The Morgan fingerprint density at radius 3 is 2.74 bits per heavy atom. The molecule has 1 amide bonds. The van der Waals surface area contributed by atoms with Gasteiger partial charge in [0, 0.05) is 17.5 Å². The number of amides is 1. The van der Waals surface area contributed by atoms with Crippen LogP contribution in [0.25, 0.3) is 11.1 Å². The van der Waals surface area contributed by atoms with E-state index in [1.54, 1.807) is 30.5 Å². The number of nitrogens with one attached hydrogen (secondary N) is 2. The highest BCUT2D eigenvalue weighted by Gasteiger charge is 2.54. The van der Waals surface area contributed by atoms with E-state index in [0.29, 0.717) is 5.92 Å². The van der Waals surface area contributed by atoms with Crippen LogP contribution in [0, 0.1) is 25.9 Å². The summed E-state index contributed by atoms with van der Waals surface area (Å²) in [5, 5.41) is 11.5. The number of nitrogens with two attached hydrogens (primary N) is 1. The van der Waals surface area contributed by atoms with Crippen LogP contribution in [0.1, 0.15) is 24.6 Å². The van der Waals surface area contributed by atoms with Crippen molar-refractivity contribution in [2.24, 2.45) is 11.8 Å². The number of nitrogen functional groups attached to an aromatic ring is 1. The highest BCUT2D eigenvalue weighted by molar-refractivity contribution is 14.1. The fourth-order valence-corrected chi connectivity index (χ4v) is 6.05. The van der Waals surface area contributed by atoms with Crippen LogP contribution in [0.15, 0.2) is 24.3 Å². The van der Waals surface area contributed by atoms with E-state index in [1.807, 2.05) is 13.0 Å². The molecule has 2 atom stereocenters. The molecule has 1 saturated carbocycles. The maximum Gasteiger partial charge on any atom is 0.235 e. The van der Waals surface area contributed by atoms with Crippen molar-refractivity contribution >= 4 is 51.5 Å². The molecule has 2 heterocycles. The highest BCUT2D eigenvalue weighted by Crippen LogP contribution is 2.50. The van der Waals surface area contributed by atoms with Crippen molar-refractivity contribution in [3.05, 3.63) is 37.8 Å². The number of thiophene rings is 1. The molecule has 0 spiro atoms. The second kappa shape index (κ2) is 6.44. The zero-order valence-corrected chi connectivity index (χ0v) is 17.9. The first-order chi connectivity index (χ1) is 12.7. The quantitative estimate of drug-likeness (QED) is 0.443. The van der Waals surface area contributed by atoms with Crippen molar-refractivity contribution < 1.29 is 9.18 Å². The summed E-state index contributed by atoms with van der Waals surface area (Å²) in [4.78, 5) is 15.4. The first kappa shape index (κ1) is 18.7. The third-order valence-electron chi connectivity index (χ3n) is 5.53. The van der Waals surface area contributed by atoms with Gasteiger partial charge < -0.3 is 11.1 Å². The monoisotopic (exact) mass is 498 g/mol. The van der Waals surface area contributed by atoms with Crippen LogP contribution < -0.4 is 11.1 Å². The van der Waals surface area contributed by atoms with Gasteiger partial charge in [-0.15, -0.1) is 11.3 Å². The van der Waals surface area contributed by atoms with Crippen LogP contribution in [0.5, 0.6) is 0 Å². The summed E-state index contributed by atoms with van der Waals surface area (Å²) in [5.41, 5.74) is 7.05. The summed E-state index contributed by atoms with van der Waals surface area (Å²) >= 11 is 3.87. The molecule has 27 heavy (non-hydrogen) atoms. The van der Waals surface area contributed by atoms with Crippen molar-refractivity contribution in [2.75, 3.05) is 12.8 Å². The summed E-state index contributed by atoms with van der Waals surface area (Å²) in [6.45, 7) is 2.01. The van der Waals surface area contributed by atoms with Gasteiger partial charge in [0.1, 0.15) is 5.82 Å². The fourth-order valence-electron chi connectivity index (χ4n) is 3.82. The lowest BCUT2D eigenvalue weighted by Gasteiger charge is -2.45. The molecule has 8 heteroatoms. The molecule has 0 bridgehead atoms. The first-order valence-electron chi connectivity index (χ1n) is 8.72. The minimum Gasteiger partial charge on any atom is -0.396 e. The van der Waals surface area contributed by atoms with E-state index in [4.69, 9.17) is 11.1 Å². The number of carbonyl (C=O) groups excluding carboxylic acids is 1. The molecular formula is C19H20FIN4OS. The van der Waals surface area contributed by atoms with E-state index >= 15 is 0 Å². The standard InChI is InChI=1S/C19H20FIN4OS/c1-19(15(9-3-4-9)17(26)25(2)18(23)24-19)14-8-11(16(21)27-14)10-5-6-12(20)13(22)7-10/h5-9,15H,3-4,22H2,1-2H3,(H2,23,24)/t15-,19-/m1/s1. The van der Waals surface area contributed by atoms with Crippen LogP contribution in [0.3, 0.4) is 0 Å². The molecule has 2 aliphatic rings. The number of anilines is 1. The van der Waals surface area contributed by atoms with Gasteiger partial charge in [-0.25, -0.2) is 4.39 Å². The van der Waals surface area contributed by atoms with Crippen LogP contribution in [-0.2, 0) is 10.3 Å². The van der Waals surface area contributed by atoms with Crippen LogP contribution in [0.2, 0.25) is 0 Å². The summed E-state index contributed by atoms with van der Waals surface area (Å²) in [5.74, 6) is -0.163. The molecule has 0 unspecified atom stereocenters. The first-order valence-corrected chi connectivity index (χ1v) is 10.6. The second-order valence-corrected chi connectivity index (χ2v) is 10.3. The van der Waals surface area contributed by atoms with Crippen LogP contribution in [-0.4, -0.2) is 23.8 Å². The number of rotatable bonds is 3. The lowest BCUT2D eigenvalue weighted by molar-refractivity contribution is -0.136. The number of hydrogen-bond donors (Lipinski definition) is 3. The molecule has 0 radical (unpaired) electrons. The molecule has 1 aromatic carbocycles. The molecule has 1 saturated heterocycles. The minimum absolute atomic E-state index is 0.000246. The molecular weight excluding hydrogens is 478 g/mol. The molecule has 2 fully saturated rings. The Kier molecular flexibility index (Phi) is 4.45. The number of benzene rings is 1. The number of guanidine groups is 1. The third-order valence-corrected chi connectivity index (χ3v) is 7.93. The van der Waals surface area contributed by atoms with Gasteiger partial charge >= 0.3 is 0 Å². The summed E-state index contributed by atoms with van der Waals surface area (Å²) in [6, 6.07) is 6.78. The summed E-state index contributed by atoms with van der Waals surface area (Å²) in [6.07, 6.45) is 2.08. The van der Waals surface area contributed by atoms with Crippen molar-refractivity contribution in [3.8, 4) is 11.1 Å². The van der Waals surface area contributed by atoms with Gasteiger partial charge in [0.25, 0.3) is 0 Å². The van der Waals surface area contributed by atoms with Gasteiger partial charge in [-0.1, -0.05) is 6.07 Å². The molecule has 142 valence electrons. The molecule has 4 N–H and O–H groups in total. The average Bonchev–Trinajstić information content (AvgIpc) is 3.36. The van der Waals surface area contributed by atoms with Gasteiger partial charge in [-0.05, 0) is 72.0 Å². The lowest BCUT2D eigenvalue weighted by Crippen LogP contribution is -2.64. The number of carbonyl (C=O) groups is 1. The topological polar surface area (TPSA) is 82.2 Å². The Balaban J connectivity index is 1.79. The molecule has 1 aliphatic heterocycles. The van der Waals surface area contributed by atoms with E-state index in [-0.39, 0.29) is 23.5 Å². The van der Waals surface area contributed by atoms with E-state index in [2.05, 4.69) is 27.9 Å². The average molecular weight is 498 g/mol. The maximum atomic E-state index is 13.5. The van der Waals surface area contributed by atoms with Crippen LogP contribution in [0.4, 0.5) is 10.1 Å². The zero-order valence-electron chi connectivity index (χ0n) is 15.0. The molecule has 2 aromatic rings. The second-order valence-electron chi connectivity index (χ2n) is 7.42. The third kappa shape index (κ3) is 3.02. The van der Waals surface area contributed by atoms with Gasteiger partial charge in [-0.2, -0.15) is 0 Å². The van der Waals surface area contributed by atoms with Crippen molar-refractivity contribution in [1.29, 1.82) is 5.41 Å². The number of nitrogens with zero attached hydrogens (tertiary/aromatic N) is 1. The molecule has 1 aromatic heterocycles. The Morgan fingerprint density at radius 1 is 1.41 bits per heavy atom. The smallest absolute Gasteiger partial charge is 0.235 e. The fraction of sp³-hybridized carbons (Fsp3) is 0.368. The predicted octanol–water partition coefficient (Wildman–Crippen LogP) is 3.98. The largest absolute Gasteiger partial charge is 0.396 e. The van der Waals surface area contributed by atoms with Gasteiger partial charge in [0.2, 0.25) is 5.91 Å². The molecule has 4 rings (SSSR count). The highest BCUT2D eigenvalue weighted by atomic mass is 127. The molecule has 5 nitrogen and oxygen atoms in total.